The highest BCUT2D eigenvalue weighted by Gasteiger charge is 2.32. The summed E-state index contributed by atoms with van der Waals surface area (Å²) in [7, 11) is 1.42. The summed E-state index contributed by atoms with van der Waals surface area (Å²) in [5, 5.41) is 4.72. The maximum atomic E-state index is 11.8. The lowest BCUT2D eigenvalue weighted by Gasteiger charge is -2.28. The Labute approximate surface area is 113 Å². The number of piperidine rings is 1. The number of hydrogen-bond donors (Lipinski definition) is 2. The minimum Gasteiger partial charge on any atom is -0.375 e. The summed E-state index contributed by atoms with van der Waals surface area (Å²) in [6.45, 7) is 0. The van der Waals surface area contributed by atoms with Gasteiger partial charge >= 0.3 is 0 Å². The highest BCUT2D eigenvalue weighted by atomic mass is 32.1. The van der Waals surface area contributed by atoms with Crippen LogP contribution in [0.25, 0.3) is 0 Å². The number of hydrogen-bond acceptors (Lipinski definition) is 6. The standard InChI is InChI=1S/C11H14N4O3S/c1-15-9(17)3-2-7(10(15)18)14-8(16)4-6-5-19-11(12)13-6/h5,7H,2-4H2,1H3,(H2,12,13)(H,14,16). The van der Waals surface area contributed by atoms with Gasteiger partial charge in [-0.05, 0) is 6.42 Å². The van der Waals surface area contributed by atoms with Gasteiger partial charge in [-0.2, -0.15) is 0 Å². The van der Waals surface area contributed by atoms with E-state index >= 15 is 0 Å². The number of amides is 3. The molecule has 3 amide bonds. The van der Waals surface area contributed by atoms with Crippen LogP contribution in [0.1, 0.15) is 18.5 Å². The van der Waals surface area contributed by atoms with Gasteiger partial charge in [0.25, 0.3) is 5.91 Å². The molecular formula is C11H14N4O3S. The van der Waals surface area contributed by atoms with Crippen molar-refractivity contribution in [3.63, 3.8) is 0 Å². The molecule has 19 heavy (non-hydrogen) atoms. The van der Waals surface area contributed by atoms with E-state index in [0.29, 0.717) is 17.2 Å². The lowest BCUT2D eigenvalue weighted by molar-refractivity contribution is -0.149. The van der Waals surface area contributed by atoms with Gasteiger partial charge in [0, 0.05) is 18.8 Å². The number of carbonyl (C=O) groups excluding carboxylic acids is 3. The molecule has 0 bridgehead atoms. The van der Waals surface area contributed by atoms with Crippen LogP contribution in [0.5, 0.6) is 0 Å². The van der Waals surface area contributed by atoms with Crippen LogP contribution >= 0.6 is 11.3 Å². The largest absolute Gasteiger partial charge is 0.375 e. The third kappa shape index (κ3) is 3.08. The van der Waals surface area contributed by atoms with Crippen molar-refractivity contribution in [2.75, 3.05) is 12.8 Å². The molecule has 2 heterocycles. The summed E-state index contributed by atoms with van der Waals surface area (Å²) < 4.78 is 0. The van der Waals surface area contributed by atoms with Gasteiger partial charge < -0.3 is 11.1 Å². The molecule has 0 radical (unpaired) electrons. The molecule has 7 nitrogen and oxygen atoms in total. The normalized spacial score (nSPS) is 19.6. The van der Waals surface area contributed by atoms with Gasteiger partial charge in [0.1, 0.15) is 6.04 Å². The van der Waals surface area contributed by atoms with Gasteiger partial charge in [-0.25, -0.2) is 4.98 Å². The minimum absolute atomic E-state index is 0.0785. The summed E-state index contributed by atoms with van der Waals surface area (Å²) in [5.74, 6) is -0.892. The van der Waals surface area contributed by atoms with Crippen LogP contribution in [-0.4, -0.2) is 40.7 Å². The molecule has 2 rings (SSSR count). The number of carbonyl (C=O) groups is 3. The number of likely N-dealkylation sites (tertiary alicyclic amines) is 1. The average molecular weight is 282 g/mol. The Morgan fingerprint density at radius 2 is 2.37 bits per heavy atom. The summed E-state index contributed by atoms with van der Waals surface area (Å²) in [4.78, 5) is 39.9. The van der Waals surface area contributed by atoms with Crippen LogP contribution in [0.3, 0.4) is 0 Å². The van der Waals surface area contributed by atoms with Crippen LogP contribution in [0.15, 0.2) is 5.38 Å². The first-order valence-corrected chi connectivity index (χ1v) is 6.65. The van der Waals surface area contributed by atoms with Crippen LogP contribution in [0.4, 0.5) is 5.13 Å². The van der Waals surface area contributed by atoms with Crippen molar-refractivity contribution in [1.29, 1.82) is 0 Å². The van der Waals surface area contributed by atoms with Crippen molar-refractivity contribution in [3.05, 3.63) is 11.1 Å². The van der Waals surface area contributed by atoms with Gasteiger partial charge in [-0.3, -0.25) is 19.3 Å². The Bertz CT molecular complexity index is 528. The molecular weight excluding hydrogens is 268 g/mol. The first-order chi connectivity index (χ1) is 8.97. The third-order valence-electron chi connectivity index (χ3n) is 2.90. The van der Waals surface area contributed by atoms with Crippen molar-refractivity contribution in [2.24, 2.45) is 0 Å². The summed E-state index contributed by atoms with van der Waals surface area (Å²) in [5.41, 5.74) is 6.05. The lowest BCUT2D eigenvalue weighted by atomic mass is 10.0. The van der Waals surface area contributed by atoms with Gasteiger partial charge in [0.15, 0.2) is 5.13 Å². The smallest absolute Gasteiger partial charge is 0.251 e. The molecule has 1 aliphatic rings. The van der Waals surface area contributed by atoms with Gasteiger partial charge in [0.05, 0.1) is 12.1 Å². The van der Waals surface area contributed by atoms with E-state index in [4.69, 9.17) is 5.73 Å². The molecule has 0 aliphatic carbocycles. The monoisotopic (exact) mass is 282 g/mol. The van der Waals surface area contributed by atoms with E-state index in [2.05, 4.69) is 10.3 Å². The maximum absolute atomic E-state index is 11.8. The van der Waals surface area contributed by atoms with Crippen LogP contribution < -0.4 is 11.1 Å². The molecule has 1 saturated heterocycles. The fourth-order valence-corrected chi connectivity index (χ4v) is 2.43. The predicted molar refractivity (Wildman–Crippen MR) is 69.2 cm³/mol. The number of nitrogens with zero attached hydrogens (tertiary/aromatic N) is 2. The second-order valence-corrected chi connectivity index (χ2v) is 5.19. The molecule has 1 aromatic heterocycles. The van der Waals surface area contributed by atoms with Crippen LogP contribution in [-0.2, 0) is 20.8 Å². The fourth-order valence-electron chi connectivity index (χ4n) is 1.86. The number of rotatable bonds is 3. The maximum Gasteiger partial charge on any atom is 0.251 e. The quantitative estimate of drug-likeness (QED) is 0.729. The second-order valence-electron chi connectivity index (χ2n) is 4.30. The lowest BCUT2D eigenvalue weighted by Crippen LogP contribution is -2.53. The summed E-state index contributed by atoms with van der Waals surface area (Å²) >= 11 is 1.26. The van der Waals surface area contributed by atoms with E-state index in [-0.39, 0.29) is 30.6 Å². The number of aromatic nitrogens is 1. The van der Waals surface area contributed by atoms with E-state index < -0.39 is 6.04 Å². The third-order valence-corrected chi connectivity index (χ3v) is 3.62. The molecule has 0 saturated carbocycles. The first-order valence-electron chi connectivity index (χ1n) is 5.77. The average Bonchev–Trinajstić information content (AvgIpc) is 2.75. The number of nitrogens with two attached hydrogens (primary N) is 1. The van der Waals surface area contributed by atoms with Crippen molar-refractivity contribution < 1.29 is 14.4 Å². The first kappa shape index (κ1) is 13.5. The Morgan fingerprint density at radius 3 is 3.00 bits per heavy atom. The van der Waals surface area contributed by atoms with Crippen molar-refractivity contribution in [3.8, 4) is 0 Å². The molecule has 3 N–H and O–H groups in total. The molecule has 0 aromatic carbocycles. The molecule has 102 valence electrons. The second kappa shape index (κ2) is 5.35. The molecule has 1 unspecified atom stereocenters. The van der Waals surface area contributed by atoms with Crippen LogP contribution in [0, 0.1) is 0 Å². The zero-order chi connectivity index (χ0) is 14.0. The highest BCUT2D eigenvalue weighted by molar-refractivity contribution is 7.13. The topological polar surface area (TPSA) is 105 Å². The summed E-state index contributed by atoms with van der Waals surface area (Å²) in [6, 6.07) is -0.633. The van der Waals surface area contributed by atoms with Crippen molar-refractivity contribution in [2.45, 2.75) is 25.3 Å². The van der Waals surface area contributed by atoms with E-state index in [9.17, 15) is 14.4 Å². The van der Waals surface area contributed by atoms with Gasteiger partial charge in [-0.15, -0.1) is 11.3 Å². The fraction of sp³-hybridized carbons (Fsp3) is 0.455. The Balaban J connectivity index is 1.92. The predicted octanol–water partition coefficient (Wildman–Crippen LogP) is -0.469. The Hall–Kier alpha value is -1.96. The van der Waals surface area contributed by atoms with E-state index in [0.717, 1.165) is 4.90 Å². The zero-order valence-electron chi connectivity index (χ0n) is 10.4. The number of thiazole rings is 1. The van der Waals surface area contributed by atoms with E-state index in [1.165, 1.54) is 18.4 Å². The molecule has 1 aliphatic heterocycles. The minimum atomic E-state index is -0.633. The molecule has 8 heteroatoms. The Kier molecular flexibility index (Phi) is 3.79. The highest BCUT2D eigenvalue weighted by Crippen LogP contribution is 2.13. The Morgan fingerprint density at radius 1 is 1.63 bits per heavy atom. The number of nitrogens with one attached hydrogen (secondary N) is 1. The zero-order valence-corrected chi connectivity index (χ0v) is 11.2. The number of nitrogen functional groups attached to an aromatic ring is 1. The number of imide groups is 1. The molecule has 1 aromatic rings. The van der Waals surface area contributed by atoms with Crippen molar-refractivity contribution >= 4 is 34.2 Å². The molecule has 0 spiro atoms. The van der Waals surface area contributed by atoms with Gasteiger partial charge in [-0.1, -0.05) is 0 Å². The van der Waals surface area contributed by atoms with Gasteiger partial charge in [0.2, 0.25) is 11.8 Å². The van der Waals surface area contributed by atoms with E-state index in [1.807, 2.05) is 0 Å². The van der Waals surface area contributed by atoms with Crippen molar-refractivity contribution in [1.82, 2.24) is 15.2 Å². The number of anilines is 1. The SMILES string of the molecule is CN1C(=O)CCC(NC(=O)Cc2csc(N)n2)C1=O. The molecule has 1 fully saturated rings. The number of likely N-dealkylation sites (N-methyl/N-ethyl adjacent to an activating group) is 1. The summed E-state index contributed by atoms with van der Waals surface area (Å²) in [6.07, 6.45) is 0.679. The van der Waals surface area contributed by atoms with Crippen LogP contribution in [0.2, 0.25) is 0 Å². The molecule has 1 atom stereocenters. The van der Waals surface area contributed by atoms with E-state index in [1.54, 1.807) is 5.38 Å².